The highest BCUT2D eigenvalue weighted by molar-refractivity contribution is 5.78. The Morgan fingerprint density at radius 1 is 1.21 bits per heavy atom. The molecule has 0 atom stereocenters. The van der Waals surface area contributed by atoms with Crippen molar-refractivity contribution in [3.8, 4) is 11.8 Å². The highest BCUT2D eigenvalue weighted by Gasteiger charge is 2.15. The quantitative estimate of drug-likeness (QED) is 0.683. The van der Waals surface area contributed by atoms with Gasteiger partial charge in [-0.15, -0.1) is 0 Å². The largest absolute Gasteiger partial charge is 0.484 e. The molecule has 0 unspecified atom stereocenters. The van der Waals surface area contributed by atoms with Crippen LogP contribution in [0.3, 0.4) is 0 Å². The molecule has 0 radical (unpaired) electrons. The average molecular weight is 376 g/mol. The first-order valence-electron chi connectivity index (χ1n) is 8.95. The van der Waals surface area contributed by atoms with Gasteiger partial charge in [-0.1, -0.05) is 24.3 Å². The van der Waals surface area contributed by atoms with Crippen molar-refractivity contribution in [3.05, 3.63) is 70.3 Å². The summed E-state index contributed by atoms with van der Waals surface area (Å²) >= 11 is 0. The fourth-order valence-corrected chi connectivity index (χ4v) is 2.80. The number of nitrogens with zero attached hydrogens (tertiary/aromatic N) is 3. The van der Waals surface area contributed by atoms with Gasteiger partial charge in [0, 0.05) is 6.54 Å². The lowest BCUT2D eigenvalue weighted by molar-refractivity contribution is -0.133. The molecule has 1 amide bonds. The van der Waals surface area contributed by atoms with E-state index in [1.54, 1.807) is 47.4 Å². The number of nitrogens with one attached hydrogen (secondary N) is 1. The first kappa shape index (κ1) is 19.1. The number of likely N-dealkylation sites (N-methyl/N-ethyl adjacent to an activating group) is 1. The molecule has 0 aliphatic heterocycles. The van der Waals surface area contributed by atoms with Crippen molar-refractivity contribution in [1.29, 1.82) is 5.26 Å². The number of para-hydroxylation sites is 1. The van der Waals surface area contributed by atoms with Gasteiger partial charge in [-0.05, 0) is 36.8 Å². The van der Waals surface area contributed by atoms with Crippen LogP contribution in [0, 0.1) is 11.3 Å². The molecule has 142 valence electrons. The molecule has 0 saturated carbocycles. The van der Waals surface area contributed by atoms with E-state index in [9.17, 15) is 9.59 Å². The first-order chi connectivity index (χ1) is 13.6. The Kier molecular flexibility index (Phi) is 6.02. The van der Waals surface area contributed by atoms with Gasteiger partial charge in [-0.25, -0.2) is 4.98 Å². The van der Waals surface area contributed by atoms with Gasteiger partial charge in [0.15, 0.2) is 6.61 Å². The summed E-state index contributed by atoms with van der Waals surface area (Å²) in [5, 5.41) is 9.21. The minimum Gasteiger partial charge on any atom is -0.484 e. The number of amides is 1. The molecule has 3 rings (SSSR count). The number of carbonyl (C=O) groups excluding carboxylic acids is 1. The first-order valence-corrected chi connectivity index (χ1v) is 8.95. The molecule has 1 aromatic heterocycles. The van der Waals surface area contributed by atoms with E-state index in [0.717, 1.165) is 5.56 Å². The standard InChI is InChI=1S/C21H20N4O3/c1-2-25(13-19-23-18-6-4-3-5-17(18)21(27)24-19)20(26)14-28-16-9-7-15(8-10-16)11-12-22/h3-10H,2,11,13-14H2,1H3,(H,23,24,27). The minimum absolute atomic E-state index is 0.122. The number of hydrogen-bond donors (Lipinski definition) is 1. The summed E-state index contributed by atoms with van der Waals surface area (Å²) in [5.41, 5.74) is 1.26. The second-order valence-corrected chi connectivity index (χ2v) is 6.21. The predicted octanol–water partition coefficient (Wildman–Crippen LogP) is 2.42. The summed E-state index contributed by atoms with van der Waals surface area (Å²) < 4.78 is 5.55. The Morgan fingerprint density at radius 2 is 1.96 bits per heavy atom. The van der Waals surface area contributed by atoms with Crippen molar-refractivity contribution in [3.63, 3.8) is 0 Å². The molecule has 0 aliphatic rings. The number of ether oxygens (including phenoxy) is 1. The van der Waals surface area contributed by atoms with Gasteiger partial charge in [0.1, 0.15) is 11.6 Å². The summed E-state index contributed by atoms with van der Waals surface area (Å²) in [5.74, 6) is 0.780. The zero-order chi connectivity index (χ0) is 19.9. The maximum atomic E-state index is 12.5. The number of rotatable bonds is 7. The van der Waals surface area contributed by atoms with E-state index in [1.807, 2.05) is 13.0 Å². The van der Waals surface area contributed by atoms with E-state index < -0.39 is 0 Å². The van der Waals surface area contributed by atoms with Crippen LogP contribution in [0.25, 0.3) is 10.9 Å². The topological polar surface area (TPSA) is 99.1 Å². The summed E-state index contributed by atoms with van der Waals surface area (Å²) in [7, 11) is 0. The molecule has 1 heterocycles. The van der Waals surface area contributed by atoms with Gasteiger partial charge >= 0.3 is 0 Å². The van der Waals surface area contributed by atoms with Crippen molar-refractivity contribution in [2.75, 3.05) is 13.2 Å². The van der Waals surface area contributed by atoms with Crippen LogP contribution in [0.15, 0.2) is 53.3 Å². The monoisotopic (exact) mass is 376 g/mol. The number of fused-ring (bicyclic) bond motifs is 1. The molecule has 7 nitrogen and oxygen atoms in total. The lowest BCUT2D eigenvalue weighted by Crippen LogP contribution is -2.35. The second kappa shape index (κ2) is 8.82. The van der Waals surface area contributed by atoms with Gasteiger partial charge in [-0.2, -0.15) is 5.26 Å². The molecule has 0 aliphatic carbocycles. The molecule has 3 aromatic rings. The number of nitriles is 1. The molecule has 0 fully saturated rings. The number of hydrogen-bond acceptors (Lipinski definition) is 5. The Morgan fingerprint density at radius 3 is 2.68 bits per heavy atom. The van der Waals surface area contributed by atoms with Gasteiger partial charge in [-0.3, -0.25) is 9.59 Å². The number of H-pyrrole nitrogens is 1. The lowest BCUT2D eigenvalue weighted by Gasteiger charge is -2.20. The van der Waals surface area contributed by atoms with Gasteiger partial charge in [0.25, 0.3) is 11.5 Å². The molecule has 0 saturated heterocycles. The lowest BCUT2D eigenvalue weighted by atomic mass is 10.2. The molecule has 0 spiro atoms. The third-order valence-corrected chi connectivity index (χ3v) is 4.31. The van der Waals surface area contributed by atoms with Crippen LogP contribution >= 0.6 is 0 Å². The van der Waals surface area contributed by atoms with Crippen LogP contribution in [0.4, 0.5) is 0 Å². The van der Waals surface area contributed by atoms with E-state index in [-0.39, 0.29) is 24.6 Å². The third-order valence-electron chi connectivity index (χ3n) is 4.31. The minimum atomic E-state index is -0.224. The number of carbonyl (C=O) groups is 1. The van der Waals surface area contributed by atoms with E-state index in [2.05, 4.69) is 16.0 Å². The van der Waals surface area contributed by atoms with Crippen LogP contribution in [0.2, 0.25) is 0 Å². The summed E-state index contributed by atoms with van der Waals surface area (Å²) in [6.07, 6.45) is 0.333. The predicted molar refractivity (Wildman–Crippen MR) is 105 cm³/mol. The molecule has 1 N–H and O–H groups in total. The van der Waals surface area contributed by atoms with Crippen LogP contribution in [-0.2, 0) is 17.8 Å². The number of aromatic nitrogens is 2. The van der Waals surface area contributed by atoms with E-state index in [0.29, 0.717) is 35.4 Å². The smallest absolute Gasteiger partial charge is 0.260 e. The maximum Gasteiger partial charge on any atom is 0.260 e. The zero-order valence-corrected chi connectivity index (χ0v) is 15.5. The van der Waals surface area contributed by atoms with Crippen LogP contribution in [0.5, 0.6) is 5.75 Å². The highest BCUT2D eigenvalue weighted by Crippen LogP contribution is 2.13. The van der Waals surface area contributed by atoms with Crippen molar-refractivity contribution in [1.82, 2.24) is 14.9 Å². The van der Waals surface area contributed by atoms with Crippen molar-refractivity contribution < 1.29 is 9.53 Å². The Labute approximate surface area is 162 Å². The Balaban J connectivity index is 1.65. The number of benzene rings is 2. The molecule has 28 heavy (non-hydrogen) atoms. The summed E-state index contributed by atoms with van der Waals surface area (Å²) in [4.78, 5) is 33.4. The second-order valence-electron chi connectivity index (χ2n) is 6.21. The number of aromatic amines is 1. The Bertz CT molecular complexity index is 1070. The van der Waals surface area contributed by atoms with Gasteiger partial charge in [0.05, 0.1) is 29.9 Å². The van der Waals surface area contributed by atoms with Gasteiger partial charge < -0.3 is 14.6 Å². The van der Waals surface area contributed by atoms with Crippen molar-refractivity contribution in [2.45, 2.75) is 19.9 Å². The molecular weight excluding hydrogens is 356 g/mol. The normalized spacial score (nSPS) is 10.4. The van der Waals surface area contributed by atoms with E-state index in [1.165, 1.54) is 0 Å². The van der Waals surface area contributed by atoms with Crippen LogP contribution in [-0.4, -0.2) is 33.9 Å². The fraction of sp³-hybridized carbons (Fsp3) is 0.238. The van der Waals surface area contributed by atoms with E-state index in [4.69, 9.17) is 10.00 Å². The van der Waals surface area contributed by atoms with Crippen molar-refractivity contribution >= 4 is 16.8 Å². The average Bonchev–Trinajstić information content (AvgIpc) is 2.71. The zero-order valence-electron chi connectivity index (χ0n) is 15.5. The summed E-state index contributed by atoms with van der Waals surface area (Å²) in [6.45, 7) is 2.39. The highest BCUT2D eigenvalue weighted by atomic mass is 16.5. The van der Waals surface area contributed by atoms with Crippen molar-refractivity contribution in [2.24, 2.45) is 0 Å². The molecule has 0 bridgehead atoms. The van der Waals surface area contributed by atoms with Gasteiger partial charge in [0.2, 0.25) is 0 Å². The van der Waals surface area contributed by atoms with E-state index >= 15 is 0 Å². The van der Waals surface area contributed by atoms with Crippen LogP contribution in [0.1, 0.15) is 18.3 Å². The Hall–Kier alpha value is -3.66. The summed E-state index contributed by atoms with van der Waals surface area (Å²) in [6, 6.07) is 16.2. The molecular formula is C21H20N4O3. The molecule has 2 aromatic carbocycles. The SMILES string of the molecule is CCN(Cc1nc2ccccc2c(=O)[nH]1)C(=O)COc1ccc(CC#N)cc1. The maximum absolute atomic E-state index is 12.5. The fourth-order valence-electron chi connectivity index (χ4n) is 2.80. The molecule has 7 heteroatoms. The third kappa shape index (κ3) is 4.54. The van der Waals surface area contributed by atoms with Crippen LogP contribution < -0.4 is 10.3 Å².